The Morgan fingerprint density at radius 1 is 1.44 bits per heavy atom. The molecule has 0 aliphatic carbocycles. The second-order valence-electron chi connectivity index (χ2n) is 3.78. The second-order valence-corrected chi connectivity index (χ2v) is 3.78. The number of nitrogens with zero attached hydrogens (tertiary/aromatic N) is 1. The van der Waals surface area contributed by atoms with Gasteiger partial charge in [-0.15, -0.1) is 0 Å². The quantitative estimate of drug-likeness (QED) is 0.307. The number of benzene rings is 1. The molecule has 0 aliphatic heterocycles. The van der Waals surface area contributed by atoms with Crippen LogP contribution in [0.3, 0.4) is 0 Å². The van der Waals surface area contributed by atoms with Crippen LogP contribution >= 0.6 is 0 Å². The van der Waals surface area contributed by atoms with Crippen LogP contribution < -0.4 is 11.1 Å². The Morgan fingerprint density at radius 2 is 2.06 bits per heavy atom. The fraction of sp³-hybridized carbons (Fsp3) is 0.417. The van der Waals surface area contributed by atoms with Crippen LogP contribution in [0.25, 0.3) is 0 Å². The molecule has 4 heteroatoms. The van der Waals surface area contributed by atoms with Gasteiger partial charge in [0.25, 0.3) is 0 Å². The van der Waals surface area contributed by atoms with E-state index in [0.29, 0.717) is 0 Å². The zero-order valence-corrected chi connectivity index (χ0v) is 9.72. The minimum absolute atomic E-state index is 0.0970. The van der Waals surface area contributed by atoms with Crippen molar-refractivity contribution in [3.05, 3.63) is 35.9 Å². The summed E-state index contributed by atoms with van der Waals surface area (Å²) < 4.78 is 0. The minimum atomic E-state index is -0.0970. The summed E-state index contributed by atoms with van der Waals surface area (Å²) in [5, 5.41) is 15.0. The SMILES string of the molecule is CCC(N[C@H](C)c1ccccc1)C(N)=NO. The number of nitrogens with one attached hydrogen (secondary N) is 1. The maximum Gasteiger partial charge on any atom is 0.156 e. The highest BCUT2D eigenvalue weighted by atomic mass is 16.4. The molecule has 0 amide bonds. The van der Waals surface area contributed by atoms with Crippen LogP contribution in [0.4, 0.5) is 0 Å². The van der Waals surface area contributed by atoms with Gasteiger partial charge < -0.3 is 16.3 Å². The van der Waals surface area contributed by atoms with E-state index in [1.165, 1.54) is 5.56 Å². The van der Waals surface area contributed by atoms with Gasteiger partial charge in [-0.05, 0) is 18.9 Å². The van der Waals surface area contributed by atoms with E-state index in [1.54, 1.807) is 0 Å². The largest absolute Gasteiger partial charge is 0.409 e. The first-order valence-corrected chi connectivity index (χ1v) is 5.47. The Balaban J connectivity index is 2.66. The molecule has 1 unspecified atom stereocenters. The van der Waals surface area contributed by atoms with Crippen LogP contribution in [0.2, 0.25) is 0 Å². The van der Waals surface area contributed by atoms with Gasteiger partial charge in [0.15, 0.2) is 5.84 Å². The van der Waals surface area contributed by atoms with Crippen molar-refractivity contribution in [1.82, 2.24) is 5.32 Å². The normalized spacial score (nSPS) is 15.8. The summed E-state index contributed by atoms with van der Waals surface area (Å²) in [5.41, 5.74) is 6.78. The van der Waals surface area contributed by atoms with Crippen LogP contribution in [0, 0.1) is 0 Å². The van der Waals surface area contributed by atoms with Crippen molar-refractivity contribution in [2.75, 3.05) is 0 Å². The van der Waals surface area contributed by atoms with E-state index in [1.807, 2.05) is 25.1 Å². The zero-order valence-electron chi connectivity index (χ0n) is 9.72. The third kappa shape index (κ3) is 3.24. The summed E-state index contributed by atoms with van der Waals surface area (Å²) in [6.07, 6.45) is 0.785. The van der Waals surface area contributed by atoms with Crippen molar-refractivity contribution in [3.63, 3.8) is 0 Å². The summed E-state index contributed by atoms with van der Waals surface area (Å²) in [5.74, 6) is 0.227. The van der Waals surface area contributed by atoms with Gasteiger partial charge in [-0.3, -0.25) is 0 Å². The number of oxime groups is 1. The lowest BCUT2D eigenvalue weighted by Crippen LogP contribution is -2.42. The first kappa shape index (κ1) is 12.5. The average Bonchev–Trinajstić information content (AvgIpc) is 2.35. The number of hydrogen-bond acceptors (Lipinski definition) is 3. The standard InChI is InChI=1S/C12H19N3O/c1-3-11(12(13)15-16)14-9(2)10-7-5-4-6-8-10/h4-9,11,14,16H,3H2,1-2H3,(H2,13,15)/t9-,11?/m1/s1. The molecule has 0 bridgehead atoms. The highest BCUT2D eigenvalue weighted by Gasteiger charge is 2.15. The van der Waals surface area contributed by atoms with Crippen LogP contribution in [0.1, 0.15) is 31.9 Å². The van der Waals surface area contributed by atoms with E-state index >= 15 is 0 Å². The number of rotatable bonds is 5. The van der Waals surface area contributed by atoms with Crippen molar-refractivity contribution in [2.24, 2.45) is 10.9 Å². The molecule has 0 heterocycles. The summed E-state index contributed by atoms with van der Waals surface area (Å²) >= 11 is 0. The Morgan fingerprint density at radius 3 is 2.56 bits per heavy atom. The molecule has 1 aromatic carbocycles. The molecule has 0 aliphatic rings. The van der Waals surface area contributed by atoms with Crippen LogP contribution in [-0.2, 0) is 0 Å². The van der Waals surface area contributed by atoms with Gasteiger partial charge in [0.2, 0.25) is 0 Å². The highest BCUT2D eigenvalue weighted by molar-refractivity contribution is 5.85. The van der Waals surface area contributed by atoms with Crippen molar-refractivity contribution in [3.8, 4) is 0 Å². The summed E-state index contributed by atoms with van der Waals surface area (Å²) in [4.78, 5) is 0. The van der Waals surface area contributed by atoms with Gasteiger partial charge in [0.1, 0.15) is 0 Å². The summed E-state index contributed by atoms with van der Waals surface area (Å²) in [7, 11) is 0. The van der Waals surface area contributed by atoms with Crippen molar-refractivity contribution < 1.29 is 5.21 Å². The molecule has 0 saturated carbocycles. The zero-order chi connectivity index (χ0) is 12.0. The molecule has 4 N–H and O–H groups in total. The van der Waals surface area contributed by atoms with Crippen molar-refractivity contribution >= 4 is 5.84 Å². The molecule has 88 valence electrons. The van der Waals surface area contributed by atoms with Gasteiger partial charge in [0.05, 0.1) is 6.04 Å². The molecule has 2 atom stereocenters. The Hall–Kier alpha value is -1.55. The first-order chi connectivity index (χ1) is 7.69. The predicted octanol–water partition coefficient (Wildman–Crippen LogP) is 1.86. The topological polar surface area (TPSA) is 70.6 Å². The van der Waals surface area contributed by atoms with Gasteiger partial charge >= 0.3 is 0 Å². The molecule has 4 nitrogen and oxygen atoms in total. The molecule has 0 aromatic heterocycles. The van der Waals surface area contributed by atoms with E-state index in [9.17, 15) is 0 Å². The van der Waals surface area contributed by atoms with Crippen LogP contribution in [-0.4, -0.2) is 17.1 Å². The molecule has 1 rings (SSSR count). The first-order valence-electron chi connectivity index (χ1n) is 5.47. The monoisotopic (exact) mass is 221 g/mol. The molecule has 0 spiro atoms. The van der Waals surface area contributed by atoms with Gasteiger partial charge in [0, 0.05) is 6.04 Å². The maximum absolute atomic E-state index is 8.64. The summed E-state index contributed by atoms with van der Waals surface area (Å²) in [6, 6.07) is 10.2. The lowest BCUT2D eigenvalue weighted by atomic mass is 10.1. The second kappa shape index (κ2) is 6.12. The third-order valence-electron chi connectivity index (χ3n) is 2.63. The fourth-order valence-corrected chi connectivity index (χ4v) is 1.62. The Kier molecular flexibility index (Phi) is 4.79. The van der Waals surface area contributed by atoms with E-state index in [2.05, 4.69) is 29.5 Å². The van der Waals surface area contributed by atoms with Crippen LogP contribution in [0.15, 0.2) is 35.5 Å². The van der Waals surface area contributed by atoms with Gasteiger partial charge in [-0.1, -0.05) is 42.4 Å². The lowest BCUT2D eigenvalue weighted by molar-refractivity contribution is 0.313. The highest BCUT2D eigenvalue weighted by Crippen LogP contribution is 2.12. The lowest BCUT2D eigenvalue weighted by Gasteiger charge is -2.21. The molecule has 16 heavy (non-hydrogen) atoms. The minimum Gasteiger partial charge on any atom is -0.409 e. The number of nitrogens with two attached hydrogens (primary N) is 1. The average molecular weight is 221 g/mol. The third-order valence-corrected chi connectivity index (χ3v) is 2.63. The number of amidine groups is 1. The van der Waals surface area contributed by atoms with E-state index in [-0.39, 0.29) is 17.9 Å². The van der Waals surface area contributed by atoms with Gasteiger partial charge in [-0.25, -0.2) is 0 Å². The van der Waals surface area contributed by atoms with Gasteiger partial charge in [-0.2, -0.15) is 0 Å². The molecule has 0 saturated heterocycles. The molecule has 0 radical (unpaired) electrons. The van der Waals surface area contributed by atoms with Crippen molar-refractivity contribution in [1.29, 1.82) is 0 Å². The fourth-order valence-electron chi connectivity index (χ4n) is 1.62. The van der Waals surface area contributed by atoms with Crippen LogP contribution in [0.5, 0.6) is 0 Å². The maximum atomic E-state index is 8.64. The predicted molar refractivity (Wildman–Crippen MR) is 65.5 cm³/mol. The molecule has 1 aromatic rings. The van der Waals surface area contributed by atoms with E-state index < -0.39 is 0 Å². The Labute approximate surface area is 96.2 Å². The molecular weight excluding hydrogens is 202 g/mol. The van der Waals surface area contributed by atoms with E-state index in [4.69, 9.17) is 10.9 Å². The number of hydrogen-bond donors (Lipinski definition) is 3. The van der Waals surface area contributed by atoms with Crippen molar-refractivity contribution in [2.45, 2.75) is 32.4 Å². The van der Waals surface area contributed by atoms with E-state index in [0.717, 1.165) is 6.42 Å². The molecule has 0 fully saturated rings. The molecular formula is C12H19N3O. The smallest absolute Gasteiger partial charge is 0.156 e. The Bertz CT molecular complexity index is 337. The summed E-state index contributed by atoms with van der Waals surface area (Å²) in [6.45, 7) is 4.05.